The first-order chi connectivity index (χ1) is 11.3. The topological polar surface area (TPSA) is 45.2 Å². The van der Waals surface area contributed by atoms with Gasteiger partial charge in [0.1, 0.15) is 0 Å². The smallest absolute Gasteiger partial charge is 0.387 e. The molecule has 0 spiro atoms. The molecule has 0 aliphatic rings. The highest BCUT2D eigenvalue weighted by molar-refractivity contribution is 5.27. The van der Waals surface area contributed by atoms with Crippen LogP contribution in [0.1, 0.15) is 49.1 Å². The van der Waals surface area contributed by atoms with E-state index < -0.39 is 17.8 Å². The van der Waals surface area contributed by atoms with Gasteiger partial charge in [0.2, 0.25) is 0 Å². The Labute approximate surface area is 139 Å². The summed E-state index contributed by atoms with van der Waals surface area (Å²) in [6, 6.07) is 8.13. The van der Waals surface area contributed by atoms with Crippen molar-refractivity contribution in [2.75, 3.05) is 0 Å². The van der Waals surface area contributed by atoms with Gasteiger partial charge in [0.25, 0.3) is 0 Å². The highest BCUT2D eigenvalue weighted by Crippen LogP contribution is 2.30. The second-order valence-corrected chi connectivity index (χ2v) is 5.75. The maximum atomic E-state index is 12.6. The van der Waals surface area contributed by atoms with Gasteiger partial charge in [-0.3, -0.25) is 4.98 Å². The average Bonchev–Trinajstić information content (AvgIpc) is 2.59. The summed E-state index contributed by atoms with van der Waals surface area (Å²) < 4.78 is 37.9. The molecule has 0 fully saturated rings. The zero-order chi connectivity index (χ0) is 17.7. The lowest BCUT2D eigenvalue weighted by atomic mass is 9.97. The first kappa shape index (κ1) is 18.4. The summed E-state index contributed by atoms with van der Waals surface area (Å²) >= 11 is 0. The van der Waals surface area contributed by atoms with Crippen LogP contribution in [0, 0.1) is 0 Å². The van der Waals surface area contributed by atoms with Crippen LogP contribution < -0.4 is 5.32 Å². The van der Waals surface area contributed by atoms with E-state index >= 15 is 0 Å². The van der Waals surface area contributed by atoms with Gasteiger partial charge in [0, 0.05) is 24.5 Å². The summed E-state index contributed by atoms with van der Waals surface area (Å²) in [4.78, 5) is 3.97. The van der Waals surface area contributed by atoms with Crippen molar-refractivity contribution in [3.63, 3.8) is 0 Å². The molecule has 0 aliphatic heterocycles. The first-order valence-corrected chi connectivity index (χ1v) is 7.84. The number of alkyl halides is 3. The van der Waals surface area contributed by atoms with E-state index in [1.807, 2.05) is 26.0 Å². The van der Waals surface area contributed by atoms with E-state index in [1.165, 1.54) is 12.1 Å². The first-order valence-electron chi connectivity index (χ1n) is 7.84. The maximum Gasteiger partial charge on any atom is 0.416 e. The van der Waals surface area contributed by atoms with Crippen molar-refractivity contribution in [2.45, 2.75) is 44.6 Å². The molecule has 1 aromatic heterocycles. The van der Waals surface area contributed by atoms with E-state index in [9.17, 15) is 18.3 Å². The second-order valence-electron chi connectivity index (χ2n) is 5.75. The lowest BCUT2D eigenvalue weighted by molar-refractivity contribution is -0.137. The van der Waals surface area contributed by atoms with Gasteiger partial charge >= 0.3 is 6.18 Å². The lowest BCUT2D eigenvalue weighted by Crippen LogP contribution is -2.36. The maximum absolute atomic E-state index is 12.6. The van der Waals surface area contributed by atoms with Crippen molar-refractivity contribution in [2.24, 2.45) is 0 Å². The molecule has 0 amide bonds. The number of benzene rings is 1. The van der Waals surface area contributed by atoms with Gasteiger partial charge < -0.3 is 10.4 Å². The molecule has 1 heterocycles. The van der Waals surface area contributed by atoms with Crippen LogP contribution in [0.4, 0.5) is 13.2 Å². The Hall–Kier alpha value is -1.92. The van der Waals surface area contributed by atoms with Crippen LogP contribution in [0.2, 0.25) is 0 Å². The van der Waals surface area contributed by atoms with Crippen LogP contribution >= 0.6 is 0 Å². The van der Waals surface area contributed by atoms with Crippen LogP contribution in [0.15, 0.2) is 48.8 Å². The number of halogens is 3. The van der Waals surface area contributed by atoms with Gasteiger partial charge in [0.05, 0.1) is 11.7 Å². The molecule has 1 aromatic carbocycles. The quantitative estimate of drug-likeness (QED) is 0.827. The summed E-state index contributed by atoms with van der Waals surface area (Å²) in [5, 5.41) is 13.8. The predicted molar refractivity (Wildman–Crippen MR) is 86.3 cm³/mol. The third-order valence-corrected chi connectivity index (χ3v) is 4.07. The van der Waals surface area contributed by atoms with Crippen LogP contribution in [0.5, 0.6) is 0 Å². The standard InChI is InChI=1S/C18H21F3N2O/c1-3-16(23-12(2)13-8-10-22-11-9-13)17(24)14-4-6-15(7-5-14)18(19,20)21/h4-12,16-17,23-24H,3H2,1-2H3. The lowest BCUT2D eigenvalue weighted by Gasteiger charge is -2.27. The van der Waals surface area contributed by atoms with Gasteiger partial charge in [-0.15, -0.1) is 0 Å². The van der Waals surface area contributed by atoms with Crippen LogP contribution in [-0.2, 0) is 6.18 Å². The predicted octanol–water partition coefficient (Wildman–Crippen LogP) is 4.26. The Morgan fingerprint density at radius 2 is 1.62 bits per heavy atom. The molecule has 2 N–H and O–H groups in total. The number of pyridine rings is 1. The summed E-state index contributed by atoms with van der Waals surface area (Å²) in [6.45, 7) is 3.89. The fourth-order valence-corrected chi connectivity index (χ4v) is 2.60. The van der Waals surface area contributed by atoms with E-state index in [-0.39, 0.29) is 12.1 Å². The average molecular weight is 338 g/mol. The molecule has 0 saturated carbocycles. The molecule has 3 unspecified atom stereocenters. The van der Waals surface area contributed by atoms with E-state index in [1.54, 1.807) is 12.4 Å². The number of aliphatic hydroxyl groups excluding tert-OH is 1. The SMILES string of the molecule is CCC(NC(C)c1ccncc1)C(O)c1ccc(C(F)(F)F)cc1. The van der Waals surface area contributed by atoms with Crippen molar-refractivity contribution in [1.29, 1.82) is 0 Å². The summed E-state index contributed by atoms with van der Waals surface area (Å²) in [5.74, 6) is 0. The molecule has 0 saturated heterocycles. The normalized spacial score (nSPS) is 15.8. The number of aliphatic hydroxyl groups is 1. The number of nitrogens with one attached hydrogen (secondary N) is 1. The van der Waals surface area contributed by atoms with E-state index in [2.05, 4.69) is 10.3 Å². The molecule has 3 nitrogen and oxygen atoms in total. The number of aromatic nitrogens is 1. The zero-order valence-electron chi connectivity index (χ0n) is 13.6. The molecule has 130 valence electrons. The van der Waals surface area contributed by atoms with Crippen LogP contribution in [0.25, 0.3) is 0 Å². The Kier molecular flexibility index (Phi) is 5.96. The van der Waals surface area contributed by atoms with Gasteiger partial charge in [-0.25, -0.2) is 0 Å². The third-order valence-electron chi connectivity index (χ3n) is 4.07. The van der Waals surface area contributed by atoms with Crippen molar-refractivity contribution < 1.29 is 18.3 Å². The Balaban J connectivity index is 2.09. The van der Waals surface area contributed by atoms with Crippen molar-refractivity contribution in [3.8, 4) is 0 Å². The molecule has 6 heteroatoms. The molecule has 0 radical (unpaired) electrons. The fourth-order valence-electron chi connectivity index (χ4n) is 2.60. The third kappa shape index (κ3) is 4.55. The monoisotopic (exact) mass is 338 g/mol. The van der Waals surface area contributed by atoms with Crippen molar-refractivity contribution >= 4 is 0 Å². The minimum atomic E-state index is -4.37. The van der Waals surface area contributed by atoms with E-state index in [0.717, 1.165) is 17.7 Å². The largest absolute Gasteiger partial charge is 0.416 e. The summed E-state index contributed by atoms with van der Waals surface area (Å²) in [5.41, 5.74) is 0.775. The summed E-state index contributed by atoms with van der Waals surface area (Å²) in [7, 11) is 0. The minimum absolute atomic E-state index is 0.0120. The molecule has 0 aliphatic carbocycles. The van der Waals surface area contributed by atoms with Gasteiger partial charge in [0.15, 0.2) is 0 Å². The van der Waals surface area contributed by atoms with Gasteiger partial charge in [-0.2, -0.15) is 13.2 Å². The highest BCUT2D eigenvalue weighted by Gasteiger charge is 2.30. The Morgan fingerprint density at radius 1 is 1.04 bits per heavy atom. The minimum Gasteiger partial charge on any atom is -0.387 e. The molecule has 2 rings (SSSR count). The Bertz CT molecular complexity index is 629. The van der Waals surface area contributed by atoms with Crippen LogP contribution in [0.3, 0.4) is 0 Å². The van der Waals surface area contributed by atoms with Gasteiger partial charge in [-0.1, -0.05) is 19.1 Å². The molecule has 0 bridgehead atoms. The number of hydrogen-bond donors (Lipinski definition) is 2. The molecular formula is C18H21F3N2O. The van der Waals surface area contributed by atoms with Crippen molar-refractivity contribution in [1.82, 2.24) is 10.3 Å². The number of rotatable bonds is 6. The highest BCUT2D eigenvalue weighted by atomic mass is 19.4. The number of nitrogens with zero attached hydrogens (tertiary/aromatic N) is 1. The van der Waals surface area contributed by atoms with E-state index in [0.29, 0.717) is 12.0 Å². The molecule has 24 heavy (non-hydrogen) atoms. The molecular weight excluding hydrogens is 317 g/mol. The van der Waals surface area contributed by atoms with Crippen LogP contribution in [-0.4, -0.2) is 16.1 Å². The molecule has 3 atom stereocenters. The fraction of sp³-hybridized carbons (Fsp3) is 0.389. The molecule has 2 aromatic rings. The summed E-state index contributed by atoms with van der Waals surface area (Å²) in [6.07, 6.45) is -1.23. The second kappa shape index (κ2) is 7.77. The number of hydrogen-bond acceptors (Lipinski definition) is 3. The Morgan fingerprint density at radius 3 is 2.12 bits per heavy atom. The zero-order valence-corrected chi connectivity index (χ0v) is 13.6. The van der Waals surface area contributed by atoms with Crippen molar-refractivity contribution in [3.05, 3.63) is 65.5 Å². The van der Waals surface area contributed by atoms with Gasteiger partial charge in [-0.05, 0) is 48.7 Å². The van der Waals surface area contributed by atoms with E-state index in [4.69, 9.17) is 0 Å².